The first-order valence-corrected chi connectivity index (χ1v) is 6.62. The van der Waals surface area contributed by atoms with E-state index in [9.17, 15) is 9.90 Å². The van der Waals surface area contributed by atoms with Gasteiger partial charge in [-0.1, -0.05) is 23.2 Å². The van der Waals surface area contributed by atoms with Gasteiger partial charge in [-0.2, -0.15) is 0 Å². The first-order valence-electron chi connectivity index (χ1n) is 5.86. The van der Waals surface area contributed by atoms with E-state index in [2.05, 4.69) is 10.3 Å². The fourth-order valence-corrected chi connectivity index (χ4v) is 2.42. The molecular formula is C12H14Cl2N2O2. The van der Waals surface area contributed by atoms with E-state index in [0.29, 0.717) is 5.56 Å². The lowest BCUT2D eigenvalue weighted by Crippen LogP contribution is -2.38. The number of hydrogen-bond donors (Lipinski definition) is 2. The van der Waals surface area contributed by atoms with Gasteiger partial charge < -0.3 is 10.4 Å². The molecule has 0 unspecified atom stereocenters. The lowest BCUT2D eigenvalue weighted by molar-refractivity contribution is 0.0867. The third-order valence-electron chi connectivity index (χ3n) is 3.10. The molecule has 98 valence electrons. The summed E-state index contributed by atoms with van der Waals surface area (Å²) in [6.45, 7) is 0. The highest BCUT2D eigenvalue weighted by Gasteiger charge is 2.22. The maximum absolute atomic E-state index is 12.0. The molecule has 0 spiro atoms. The van der Waals surface area contributed by atoms with Gasteiger partial charge in [0.05, 0.1) is 16.7 Å². The van der Waals surface area contributed by atoms with Crippen LogP contribution in [-0.2, 0) is 0 Å². The van der Waals surface area contributed by atoms with Gasteiger partial charge in [0.1, 0.15) is 5.15 Å². The summed E-state index contributed by atoms with van der Waals surface area (Å²) < 4.78 is 0. The van der Waals surface area contributed by atoms with Gasteiger partial charge in [-0.15, -0.1) is 0 Å². The van der Waals surface area contributed by atoms with Crippen molar-refractivity contribution >= 4 is 29.1 Å². The van der Waals surface area contributed by atoms with Crippen molar-refractivity contribution in [2.75, 3.05) is 0 Å². The minimum absolute atomic E-state index is 0.0870. The monoisotopic (exact) mass is 288 g/mol. The number of carbonyl (C=O) groups excluding carboxylic acids is 1. The largest absolute Gasteiger partial charge is 0.393 e. The predicted octanol–water partition coefficient (Wildman–Crippen LogP) is 2.42. The number of amides is 1. The van der Waals surface area contributed by atoms with Crippen LogP contribution in [0.15, 0.2) is 12.3 Å². The van der Waals surface area contributed by atoms with E-state index in [1.807, 2.05) is 0 Å². The highest BCUT2D eigenvalue weighted by atomic mass is 35.5. The molecule has 2 N–H and O–H groups in total. The quantitative estimate of drug-likeness (QED) is 0.822. The zero-order chi connectivity index (χ0) is 13.1. The molecule has 0 atom stereocenters. The molecule has 1 aliphatic rings. The minimum atomic E-state index is -0.245. The number of aliphatic hydroxyl groups excluding tert-OH is 1. The number of nitrogens with zero attached hydrogens (tertiary/aromatic N) is 1. The van der Waals surface area contributed by atoms with E-state index in [1.54, 1.807) is 0 Å². The standard InChI is InChI=1S/C12H14Cl2N2O2/c13-10-6-15-11(14)5-9(10)12(18)16-7-1-3-8(17)4-2-7/h5-8,17H,1-4H2,(H,16,18). The van der Waals surface area contributed by atoms with Gasteiger partial charge in [-0.25, -0.2) is 4.98 Å². The first kappa shape index (κ1) is 13.6. The van der Waals surface area contributed by atoms with Crippen LogP contribution in [0.1, 0.15) is 36.0 Å². The van der Waals surface area contributed by atoms with Crippen molar-refractivity contribution in [2.24, 2.45) is 0 Å². The van der Waals surface area contributed by atoms with Crippen LogP contribution >= 0.6 is 23.2 Å². The van der Waals surface area contributed by atoms with Crippen molar-refractivity contribution in [1.29, 1.82) is 0 Å². The Labute approximate surface area is 115 Å². The number of carbonyl (C=O) groups is 1. The van der Waals surface area contributed by atoms with E-state index in [1.165, 1.54) is 12.3 Å². The zero-order valence-electron chi connectivity index (χ0n) is 9.70. The molecule has 0 saturated heterocycles. The fraction of sp³-hybridized carbons (Fsp3) is 0.500. The molecule has 0 radical (unpaired) electrons. The van der Waals surface area contributed by atoms with Gasteiger partial charge in [-0.3, -0.25) is 4.79 Å². The van der Waals surface area contributed by atoms with Crippen LogP contribution in [0.4, 0.5) is 0 Å². The Hall–Kier alpha value is -0.840. The van der Waals surface area contributed by atoms with E-state index in [-0.39, 0.29) is 28.2 Å². The number of aromatic nitrogens is 1. The Morgan fingerprint density at radius 1 is 1.33 bits per heavy atom. The number of aliphatic hydroxyl groups is 1. The Morgan fingerprint density at radius 3 is 2.67 bits per heavy atom. The summed E-state index contributed by atoms with van der Waals surface area (Å²) in [5.41, 5.74) is 0.336. The minimum Gasteiger partial charge on any atom is -0.393 e. The molecule has 1 aliphatic carbocycles. The molecule has 1 aromatic heterocycles. The summed E-state index contributed by atoms with van der Waals surface area (Å²) in [5, 5.41) is 12.8. The topological polar surface area (TPSA) is 62.2 Å². The van der Waals surface area contributed by atoms with E-state index in [4.69, 9.17) is 23.2 Å². The van der Waals surface area contributed by atoms with Crippen molar-refractivity contribution in [2.45, 2.75) is 37.8 Å². The van der Waals surface area contributed by atoms with Gasteiger partial charge in [0, 0.05) is 12.2 Å². The average Bonchev–Trinajstić information content (AvgIpc) is 2.35. The van der Waals surface area contributed by atoms with Crippen LogP contribution in [-0.4, -0.2) is 28.1 Å². The lowest BCUT2D eigenvalue weighted by Gasteiger charge is -2.26. The highest BCUT2D eigenvalue weighted by molar-refractivity contribution is 6.35. The number of pyridine rings is 1. The molecule has 1 aromatic rings. The van der Waals surface area contributed by atoms with Crippen LogP contribution in [0.2, 0.25) is 10.2 Å². The van der Waals surface area contributed by atoms with E-state index >= 15 is 0 Å². The Kier molecular flexibility index (Phi) is 4.43. The normalized spacial score (nSPS) is 23.7. The second-order valence-corrected chi connectivity index (χ2v) is 5.26. The van der Waals surface area contributed by atoms with Crippen LogP contribution in [0.25, 0.3) is 0 Å². The fourth-order valence-electron chi connectivity index (χ4n) is 2.07. The van der Waals surface area contributed by atoms with Crippen molar-refractivity contribution in [3.8, 4) is 0 Å². The summed E-state index contributed by atoms with van der Waals surface area (Å²) in [5.74, 6) is -0.245. The molecule has 4 nitrogen and oxygen atoms in total. The predicted molar refractivity (Wildman–Crippen MR) is 70.0 cm³/mol. The number of nitrogens with one attached hydrogen (secondary N) is 1. The zero-order valence-corrected chi connectivity index (χ0v) is 11.2. The summed E-state index contributed by atoms with van der Waals surface area (Å²) in [7, 11) is 0. The second-order valence-electron chi connectivity index (χ2n) is 4.47. The molecular weight excluding hydrogens is 275 g/mol. The molecule has 6 heteroatoms. The molecule has 1 amide bonds. The van der Waals surface area contributed by atoms with Gasteiger partial charge in [0.25, 0.3) is 5.91 Å². The molecule has 1 heterocycles. The van der Waals surface area contributed by atoms with Gasteiger partial charge in [-0.05, 0) is 31.7 Å². The first-order chi connectivity index (χ1) is 8.56. The second kappa shape index (κ2) is 5.87. The molecule has 18 heavy (non-hydrogen) atoms. The Balaban J connectivity index is 2.01. The van der Waals surface area contributed by atoms with Gasteiger partial charge >= 0.3 is 0 Å². The molecule has 1 fully saturated rings. The number of hydrogen-bond acceptors (Lipinski definition) is 3. The van der Waals surface area contributed by atoms with Gasteiger partial charge in [0.15, 0.2) is 0 Å². The van der Waals surface area contributed by atoms with Crippen molar-refractivity contribution in [1.82, 2.24) is 10.3 Å². The Morgan fingerprint density at radius 2 is 2.00 bits per heavy atom. The van der Waals surface area contributed by atoms with Crippen molar-refractivity contribution < 1.29 is 9.90 Å². The Bertz CT molecular complexity index is 446. The van der Waals surface area contributed by atoms with E-state index in [0.717, 1.165) is 25.7 Å². The van der Waals surface area contributed by atoms with Crippen LogP contribution < -0.4 is 5.32 Å². The molecule has 0 bridgehead atoms. The molecule has 1 saturated carbocycles. The third kappa shape index (κ3) is 3.34. The summed E-state index contributed by atoms with van der Waals surface area (Å²) in [6, 6.07) is 1.54. The maximum Gasteiger partial charge on any atom is 0.253 e. The average molecular weight is 289 g/mol. The highest BCUT2D eigenvalue weighted by Crippen LogP contribution is 2.21. The molecule has 2 rings (SSSR count). The number of halogens is 2. The number of rotatable bonds is 2. The summed E-state index contributed by atoms with van der Waals surface area (Å²) >= 11 is 11.6. The summed E-state index contributed by atoms with van der Waals surface area (Å²) in [4.78, 5) is 15.8. The van der Waals surface area contributed by atoms with Crippen molar-refractivity contribution in [3.63, 3.8) is 0 Å². The van der Waals surface area contributed by atoms with Crippen molar-refractivity contribution in [3.05, 3.63) is 28.0 Å². The third-order valence-corrected chi connectivity index (χ3v) is 3.61. The van der Waals surface area contributed by atoms with E-state index < -0.39 is 0 Å². The SMILES string of the molecule is O=C(NC1CCC(O)CC1)c1cc(Cl)ncc1Cl. The molecule has 0 aliphatic heterocycles. The molecule has 0 aromatic carbocycles. The maximum atomic E-state index is 12.0. The lowest BCUT2D eigenvalue weighted by atomic mass is 9.93. The van der Waals surface area contributed by atoms with Crippen LogP contribution in [0.3, 0.4) is 0 Å². The summed E-state index contributed by atoms with van der Waals surface area (Å²) in [6.07, 6.45) is 4.12. The van der Waals surface area contributed by atoms with Crippen LogP contribution in [0.5, 0.6) is 0 Å². The van der Waals surface area contributed by atoms with Gasteiger partial charge in [0.2, 0.25) is 0 Å². The van der Waals surface area contributed by atoms with Crippen LogP contribution in [0, 0.1) is 0 Å². The smallest absolute Gasteiger partial charge is 0.253 e.